The van der Waals surface area contributed by atoms with E-state index in [2.05, 4.69) is 45.2 Å². The lowest BCUT2D eigenvalue weighted by molar-refractivity contribution is 0.482. The number of rotatable bonds is 2. The van der Waals surface area contributed by atoms with Gasteiger partial charge in [-0.05, 0) is 93.7 Å². The van der Waals surface area contributed by atoms with E-state index in [0.717, 1.165) is 11.5 Å². The first-order chi connectivity index (χ1) is 7.24. The van der Waals surface area contributed by atoms with E-state index in [1.54, 1.807) is 0 Å². The third kappa shape index (κ3) is 4.10. The molecule has 0 aromatic heterocycles. The number of benzene rings is 2. The van der Waals surface area contributed by atoms with Crippen LogP contribution in [0.1, 0.15) is 0 Å². The van der Waals surface area contributed by atoms with Crippen LogP contribution in [0.25, 0.3) is 0 Å². The molecule has 0 atom stereocenters. The van der Waals surface area contributed by atoms with Crippen LogP contribution in [0.15, 0.2) is 48.5 Å². The Kier molecular flexibility index (Phi) is 5.85. The Morgan fingerprint density at radius 3 is 1.25 bits per heavy atom. The van der Waals surface area contributed by atoms with Gasteiger partial charge in [0.2, 0.25) is 0 Å². The smallest absolute Gasteiger partial charge is 0.127 e. The molecule has 0 aliphatic rings. The highest BCUT2D eigenvalue weighted by Crippen LogP contribution is 2.22. The van der Waals surface area contributed by atoms with Gasteiger partial charge < -0.3 is 4.74 Å². The molecule has 0 amide bonds. The van der Waals surface area contributed by atoms with Gasteiger partial charge in [-0.25, -0.2) is 0 Å². The highest BCUT2D eigenvalue weighted by molar-refractivity contribution is 14.1. The molecular formula is C12H9ClI2O. The normalized spacial score (nSPS) is 9.38. The zero-order valence-corrected chi connectivity index (χ0v) is 13.3. The first-order valence-electron chi connectivity index (χ1n) is 4.43. The zero-order chi connectivity index (χ0) is 10.7. The topological polar surface area (TPSA) is 9.23 Å². The maximum Gasteiger partial charge on any atom is 0.127 e. The van der Waals surface area contributed by atoms with Crippen LogP contribution in [0.5, 0.6) is 11.5 Å². The quantitative estimate of drug-likeness (QED) is 0.569. The second kappa shape index (κ2) is 6.66. The van der Waals surface area contributed by atoms with Gasteiger partial charge in [-0.15, -0.1) is 12.4 Å². The van der Waals surface area contributed by atoms with E-state index >= 15 is 0 Å². The average molecular weight is 458 g/mol. The van der Waals surface area contributed by atoms with Gasteiger partial charge in [0.15, 0.2) is 0 Å². The summed E-state index contributed by atoms with van der Waals surface area (Å²) in [5, 5.41) is 0. The largest absolute Gasteiger partial charge is 0.457 e. The summed E-state index contributed by atoms with van der Waals surface area (Å²) >= 11 is 4.55. The summed E-state index contributed by atoms with van der Waals surface area (Å²) in [4.78, 5) is 0. The molecule has 16 heavy (non-hydrogen) atoms. The summed E-state index contributed by atoms with van der Waals surface area (Å²) in [5.41, 5.74) is 0. The number of hydrogen-bond donors (Lipinski definition) is 0. The van der Waals surface area contributed by atoms with Crippen molar-refractivity contribution in [3.05, 3.63) is 55.7 Å². The van der Waals surface area contributed by atoms with Crippen molar-refractivity contribution < 1.29 is 4.74 Å². The van der Waals surface area contributed by atoms with Crippen molar-refractivity contribution in [3.63, 3.8) is 0 Å². The van der Waals surface area contributed by atoms with E-state index in [-0.39, 0.29) is 12.4 Å². The SMILES string of the molecule is Cl.Ic1ccc(Oc2ccc(I)cc2)cc1. The van der Waals surface area contributed by atoms with E-state index in [1.165, 1.54) is 7.14 Å². The molecule has 0 bridgehead atoms. The predicted octanol–water partition coefficient (Wildman–Crippen LogP) is 5.11. The Morgan fingerprint density at radius 1 is 0.625 bits per heavy atom. The van der Waals surface area contributed by atoms with Crippen LogP contribution in [0.4, 0.5) is 0 Å². The van der Waals surface area contributed by atoms with Gasteiger partial charge in [0.1, 0.15) is 11.5 Å². The van der Waals surface area contributed by atoms with Crippen molar-refractivity contribution in [2.24, 2.45) is 0 Å². The fourth-order valence-electron chi connectivity index (χ4n) is 1.14. The molecule has 0 aliphatic carbocycles. The zero-order valence-electron chi connectivity index (χ0n) is 8.19. The summed E-state index contributed by atoms with van der Waals surface area (Å²) in [5.74, 6) is 1.74. The van der Waals surface area contributed by atoms with E-state index < -0.39 is 0 Å². The molecule has 0 unspecified atom stereocenters. The highest BCUT2D eigenvalue weighted by Gasteiger charge is 1.96. The van der Waals surface area contributed by atoms with Crippen LogP contribution in [0.3, 0.4) is 0 Å². The minimum absolute atomic E-state index is 0. The molecule has 2 rings (SSSR count). The Morgan fingerprint density at radius 2 is 0.938 bits per heavy atom. The summed E-state index contributed by atoms with van der Waals surface area (Å²) in [6.07, 6.45) is 0. The monoisotopic (exact) mass is 458 g/mol. The second-order valence-electron chi connectivity index (χ2n) is 3.01. The summed E-state index contributed by atoms with van der Waals surface area (Å²) in [7, 11) is 0. The van der Waals surface area contributed by atoms with Crippen molar-refractivity contribution in [3.8, 4) is 11.5 Å². The first kappa shape index (κ1) is 14.1. The standard InChI is InChI=1S/C12H8I2O.ClH/c13-9-1-5-11(6-2-9)15-12-7-3-10(14)4-8-12;/h1-8H;1H. The molecule has 0 N–H and O–H groups in total. The van der Waals surface area contributed by atoms with Gasteiger partial charge >= 0.3 is 0 Å². The number of hydrogen-bond acceptors (Lipinski definition) is 1. The molecule has 0 spiro atoms. The number of halogens is 3. The first-order valence-corrected chi connectivity index (χ1v) is 6.59. The maximum absolute atomic E-state index is 5.68. The lowest BCUT2D eigenvalue weighted by Gasteiger charge is -2.05. The third-order valence-electron chi connectivity index (χ3n) is 1.86. The van der Waals surface area contributed by atoms with Gasteiger partial charge in [0, 0.05) is 7.14 Å². The molecule has 84 valence electrons. The van der Waals surface area contributed by atoms with Gasteiger partial charge in [-0.2, -0.15) is 0 Å². The van der Waals surface area contributed by atoms with E-state index in [9.17, 15) is 0 Å². The molecule has 2 aromatic carbocycles. The molecule has 1 nitrogen and oxygen atoms in total. The summed E-state index contributed by atoms with van der Waals surface area (Å²) < 4.78 is 8.10. The third-order valence-corrected chi connectivity index (χ3v) is 3.30. The van der Waals surface area contributed by atoms with Crippen LogP contribution in [-0.4, -0.2) is 0 Å². The van der Waals surface area contributed by atoms with E-state index in [4.69, 9.17) is 4.74 Å². The molecule has 4 heteroatoms. The predicted molar refractivity (Wildman–Crippen MR) is 85.6 cm³/mol. The van der Waals surface area contributed by atoms with Gasteiger partial charge in [0.25, 0.3) is 0 Å². The van der Waals surface area contributed by atoms with Crippen LogP contribution in [0, 0.1) is 7.14 Å². The van der Waals surface area contributed by atoms with Crippen molar-refractivity contribution in [1.82, 2.24) is 0 Å². The average Bonchev–Trinajstić information content (AvgIpc) is 2.25. The molecular weight excluding hydrogens is 449 g/mol. The Hall–Kier alpha value is -0.0100. The van der Waals surface area contributed by atoms with Crippen LogP contribution in [0.2, 0.25) is 0 Å². The van der Waals surface area contributed by atoms with Gasteiger partial charge in [0.05, 0.1) is 0 Å². The highest BCUT2D eigenvalue weighted by atomic mass is 127. The fourth-order valence-corrected chi connectivity index (χ4v) is 1.86. The van der Waals surface area contributed by atoms with E-state index in [1.807, 2.05) is 48.5 Å². The maximum atomic E-state index is 5.68. The molecule has 0 heterocycles. The van der Waals surface area contributed by atoms with Gasteiger partial charge in [-0.3, -0.25) is 0 Å². The minimum Gasteiger partial charge on any atom is -0.457 e. The van der Waals surface area contributed by atoms with Gasteiger partial charge in [-0.1, -0.05) is 0 Å². The Bertz CT molecular complexity index is 396. The minimum atomic E-state index is 0. The molecule has 0 fully saturated rings. The molecule has 0 radical (unpaired) electrons. The lowest BCUT2D eigenvalue weighted by Crippen LogP contribution is -1.83. The van der Waals surface area contributed by atoms with Crippen molar-refractivity contribution in [2.75, 3.05) is 0 Å². The summed E-state index contributed by atoms with van der Waals surface area (Å²) in [6, 6.07) is 16.0. The Balaban J connectivity index is 0.00000128. The van der Waals surface area contributed by atoms with Crippen LogP contribution in [-0.2, 0) is 0 Å². The van der Waals surface area contributed by atoms with Crippen molar-refractivity contribution in [1.29, 1.82) is 0 Å². The van der Waals surface area contributed by atoms with Crippen LogP contribution < -0.4 is 4.74 Å². The second-order valence-corrected chi connectivity index (χ2v) is 5.50. The molecule has 2 aromatic rings. The lowest BCUT2D eigenvalue weighted by atomic mass is 10.3. The molecule has 0 saturated heterocycles. The van der Waals surface area contributed by atoms with Crippen molar-refractivity contribution >= 4 is 57.6 Å². The summed E-state index contributed by atoms with van der Waals surface area (Å²) in [6.45, 7) is 0. The van der Waals surface area contributed by atoms with E-state index in [0.29, 0.717) is 0 Å². The number of ether oxygens (including phenoxy) is 1. The Labute approximate surface area is 128 Å². The fraction of sp³-hybridized carbons (Fsp3) is 0. The molecule has 0 aliphatic heterocycles. The van der Waals surface area contributed by atoms with Crippen molar-refractivity contribution in [2.45, 2.75) is 0 Å². The molecule has 0 saturated carbocycles. The van der Waals surface area contributed by atoms with Crippen LogP contribution >= 0.6 is 57.6 Å².